The molecule has 14 heavy (non-hydrogen) atoms. The summed E-state index contributed by atoms with van der Waals surface area (Å²) in [6.45, 7) is 6.10. The molecule has 0 saturated carbocycles. The van der Waals surface area contributed by atoms with Crippen LogP contribution in [0.5, 0.6) is 0 Å². The summed E-state index contributed by atoms with van der Waals surface area (Å²) >= 11 is 0. The number of anilines is 1. The Balaban J connectivity index is 3.28. The summed E-state index contributed by atoms with van der Waals surface area (Å²) in [6, 6.07) is 1.71. The maximum absolute atomic E-state index is 8.43. The molecule has 1 aromatic heterocycles. The molecule has 0 bridgehead atoms. The summed E-state index contributed by atoms with van der Waals surface area (Å²) in [6.07, 6.45) is 2.97. The van der Waals surface area contributed by atoms with Crippen LogP contribution in [0.1, 0.15) is 32.0 Å². The van der Waals surface area contributed by atoms with Crippen LogP contribution in [0.25, 0.3) is 0 Å². The van der Waals surface area contributed by atoms with Crippen LogP contribution in [0.4, 0.5) is 5.69 Å². The molecule has 0 spiro atoms. The Morgan fingerprint density at radius 3 is 2.64 bits per heavy atom. The number of pyridine rings is 1. The van der Waals surface area contributed by atoms with Crippen LogP contribution < -0.4 is 5.73 Å². The lowest BCUT2D eigenvalue weighted by molar-refractivity contribution is 0.322. The zero-order chi connectivity index (χ0) is 10.8. The van der Waals surface area contributed by atoms with Crippen molar-refractivity contribution in [3.8, 4) is 0 Å². The molecule has 0 atom stereocenters. The van der Waals surface area contributed by atoms with Gasteiger partial charge in [0.25, 0.3) is 0 Å². The normalized spacial score (nSPS) is 12.2. The fourth-order valence-corrected chi connectivity index (χ4v) is 1.26. The van der Waals surface area contributed by atoms with Crippen molar-refractivity contribution < 1.29 is 5.21 Å². The van der Waals surface area contributed by atoms with Crippen LogP contribution in [-0.4, -0.2) is 16.4 Å². The Labute approximate surface area is 83.5 Å². The lowest BCUT2D eigenvalue weighted by Crippen LogP contribution is -2.17. The van der Waals surface area contributed by atoms with Gasteiger partial charge in [-0.3, -0.25) is 4.98 Å². The van der Waals surface area contributed by atoms with Crippen molar-refractivity contribution >= 4 is 11.9 Å². The Morgan fingerprint density at radius 2 is 2.14 bits per heavy atom. The maximum Gasteiger partial charge on any atom is 0.0755 e. The zero-order valence-electron chi connectivity index (χ0n) is 8.65. The molecule has 76 valence electrons. The van der Waals surface area contributed by atoms with Crippen molar-refractivity contribution in [3.63, 3.8) is 0 Å². The number of rotatable bonds is 1. The van der Waals surface area contributed by atoms with Crippen molar-refractivity contribution in [2.75, 3.05) is 5.73 Å². The van der Waals surface area contributed by atoms with E-state index in [0.717, 1.165) is 5.69 Å². The van der Waals surface area contributed by atoms with Crippen molar-refractivity contribution in [1.29, 1.82) is 0 Å². The van der Waals surface area contributed by atoms with Crippen LogP contribution in [0.2, 0.25) is 0 Å². The Kier molecular flexibility index (Phi) is 2.74. The van der Waals surface area contributed by atoms with Gasteiger partial charge in [-0.15, -0.1) is 0 Å². The van der Waals surface area contributed by atoms with Crippen LogP contribution in [-0.2, 0) is 5.41 Å². The van der Waals surface area contributed by atoms with Gasteiger partial charge in [0.2, 0.25) is 0 Å². The number of nitrogens with two attached hydrogens (primary N) is 1. The monoisotopic (exact) mass is 193 g/mol. The highest BCUT2D eigenvalue weighted by atomic mass is 16.4. The Hall–Kier alpha value is -1.58. The van der Waals surface area contributed by atoms with Crippen LogP contribution in [0, 0.1) is 0 Å². The van der Waals surface area contributed by atoms with E-state index in [2.05, 4.69) is 10.1 Å². The fraction of sp³-hybridized carbons (Fsp3) is 0.400. The molecule has 0 saturated heterocycles. The van der Waals surface area contributed by atoms with E-state index >= 15 is 0 Å². The molecule has 0 aliphatic heterocycles. The predicted molar refractivity (Wildman–Crippen MR) is 56.7 cm³/mol. The predicted octanol–water partition coefficient (Wildman–Crippen LogP) is 1.77. The molecule has 1 rings (SSSR count). The van der Waals surface area contributed by atoms with Gasteiger partial charge in [0, 0.05) is 17.2 Å². The zero-order valence-corrected chi connectivity index (χ0v) is 8.65. The minimum atomic E-state index is -0.108. The number of hydrogen-bond acceptors (Lipinski definition) is 4. The van der Waals surface area contributed by atoms with Gasteiger partial charge in [-0.1, -0.05) is 25.9 Å². The molecule has 0 unspecified atom stereocenters. The Bertz CT molecular complexity index is 353. The lowest BCUT2D eigenvalue weighted by Gasteiger charge is -2.20. The number of hydrogen-bond donors (Lipinski definition) is 2. The second kappa shape index (κ2) is 3.65. The summed E-state index contributed by atoms with van der Waals surface area (Å²) in [5.74, 6) is 0. The quantitative estimate of drug-likeness (QED) is 0.405. The van der Waals surface area contributed by atoms with Crippen molar-refractivity contribution in [2.45, 2.75) is 26.2 Å². The number of oxime groups is 1. The lowest BCUT2D eigenvalue weighted by atomic mass is 9.89. The van der Waals surface area contributed by atoms with Gasteiger partial charge in [0.05, 0.1) is 17.6 Å². The maximum atomic E-state index is 8.43. The average molecular weight is 193 g/mol. The fourth-order valence-electron chi connectivity index (χ4n) is 1.26. The topological polar surface area (TPSA) is 71.5 Å². The van der Waals surface area contributed by atoms with Gasteiger partial charge in [-0.05, 0) is 6.07 Å². The molecule has 0 radical (unpaired) electrons. The van der Waals surface area contributed by atoms with E-state index < -0.39 is 0 Å². The number of nitrogens with zero attached hydrogens (tertiary/aromatic N) is 2. The highest BCUT2D eigenvalue weighted by Crippen LogP contribution is 2.26. The molecule has 0 aliphatic rings. The first kappa shape index (κ1) is 10.5. The minimum absolute atomic E-state index is 0.108. The largest absolute Gasteiger partial charge is 0.411 e. The van der Waals surface area contributed by atoms with Crippen molar-refractivity contribution in [3.05, 3.63) is 23.5 Å². The third kappa shape index (κ3) is 2.02. The molecule has 0 aromatic carbocycles. The van der Waals surface area contributed by atoms with E-state index in [4.69, 9.17) is 10.9 Å². The second-order valence-corrected chi connectivity index (χ2v) is 4.16. The van der Waals surface area contributed by atoms with Gasteiger partial charge in [-0.25, -0.2) is 0 Å². The first-order valence-electron chi connectivity index (χ1n) is 4.39. The van der Waals surface area contributed by atoms with E-state index in [9.17, 15) is 0 Å². The van der Waals surface area contributed by atoms with Gasteiger partial charge >= 0.3 is 0 Å². The summed E-state index contributed by atoms with van der Waals surface area (Å²) in [4.78, 5) is 4.22. The van der Waals surface area contributed by atoms with E-state index in [-0.39, 0.29) is 5.41 Å². The summed E-state index contributed by atoms with van der Waals surface area (Å²) in [7, 11) is 0. The molecule has 4 heteroatoms. The standard InChI is InChI=1S/C10H15N3O/c1-10(2,3)9-8(11)7(6-13-14)4-5-12-9/h4-6,14H,11H2,1-3H3/b13-6+. The highest BCUT2D eigenvalue weighted by Gasteiger charge is 2.19. The van der Waals surface area contributed by atoms with Gasteiger partial charge < -0.3 is 10.9 Å². The summed E-state index contributed by atoms with van der Waals surface area (Å²) < 4.78 is 0. The summed E-state index contributed by atoms with van der Waals surface area (Å²) in [5.41, 5.74) is 7.85. The molecule has 1 aromatic rings. The van der Waals surface area contributed by atoms with Gasteiger partial charge in [-0.2, -0.15) is 0 Å². The van der Waals surface area contributed by atoms with Gasteiger partial charge in [0.1, 0.15) is 0 Å². The minimum Gasteiger partial charge on any atom is -0.411 e. The van der Waals surface area contributed by atoms with Crippen LogP contribution in [0.3, 0.4) is 0 Å². The Morgan fingerprint density at radius 1 is 1.50 bits per heavy atom. The van der Waals surface area contributed by atoms with Crippen molar-refractivity contribution in [1.82, 2.24) is 4.98 Å². The third-order valence-electron chi connectivity index (χ3n) is 1.93. The first-order chi connectivity index (χ1) is 6.46. The molecule has 0 fully saturated rings. The molecule has 0 amide bonds. The molecule has 0 aliphatic carbocycles. The first-order valence-corrected chi connectivity index (χ1v) is 4.39. The highest BCUT2D eigenvalue weighted by molar-refractivity contribution is 5.87. The number of aromatic nitrogens is 1. The van der Waals surface area contributed by atoms with E-state index in [1.54, 1.807) is 12.3 Å². The molecular formula is C10H15N3O. The van der Waals surface area contributed by atoms with Crippen LogP contribution >= 0.6 is 0 Å². The van der Waals surface area contributed by atoms with E-state index in [1.165, 1.54) is 6.21 Å². The van der Waals surface area contributed by atoms with Gasteiger partial charge in [0.15, 0.2) is 0 Å². The van der Waals surface area contributed by atoms with E-state index in [1.807, 2.05) is 20.8 Å². The van der Waals surface area contributed by atoms with Crippen molar-refractivity contribution in [2.24, 2.45) is 5.16 Å². The second-order valence-electron chi connectivity index (χ2n) is 4.16. The molecular weight excluding hydrogens is 178 g/mol. The molecule has 4 nitrogen and oxygen atoms in total. The third-order valence-corrected chi connectivity index (χ3v) is 1.93. The SMILES string of the molecule is CC(C)(C)c1nccc(/C=N/O)c1N. The van der Waals surface area contributed by atoms with E-state index in [0.29, 0.717) is 11.3 Å². The smallest absolute Gasteiger partial charge is 0.0755 e. The average Bonchev–Trinajstić information content (AvgIpc) is 2.07. The number of nitrogen functional groups attached to an aromatic ring is 1. The molecule has 1 heterocycles. The molecule has 3 N–H and O–H groups in total. The van der Waals surface area contributed by atoms with Crippen LogP contribution in [0.15, 0.2) is 17.4 Å². The summed E-state index contributed by atoms with van der Waals surface area (Å²) in [5, 5.41) is 11.4.